The fourth-order valence-electron chi connectivity index (χ4n) is 1.69. The highest BCUT2D eigenvalue weighted by molar-refractivity contribution is 9.11. The molecule has 0 atom stereocenters. The predicted octanol–water partition coefficient (Wildman–Crippen LogP) is 4.04. The van der Waals surface area contributed by atoms with Crippen LogP contribution >= 0.6 is 43.5 Å². The highest BCUT2D eigenvalue weighted by atomic mass is 79.9. The Balaban J connectivity index is 2.08. The van der Waals surface area contributed by atoms with E-state index in [2.05, 4.69) is 53.3 Å². The Morgan fingerprint density at radius 2 is 2.17 bits per heavy atom. The number of ether oxygens (including phenoxy) is 1. The van der Waals surface area contributed by atoms with Gasteiger partial charge in [-0.1, -0.05) is 17.5 Å². The van der Waals surface area contributed by atoms with Gasteiger partial charge in [0.25, 0.3) is 5.91 Å². The summed E-state index contributed by atoms with van der Waals surface area (Å²) in [6, 6.07) is 6.74. The molecule has 0 aliphatic carbocycles. The summed E-state index contributed by atoms with van der Waals surface area (Å²) in [7, 11) is 0. The normalized spacial score (nSPS) is 10.4. The van der Waals surface area contributed by atoms with Crippen LogP contribution in [0.4, 0.5) is 0 Å². The minimum atomic E-state index is -0.448. The highest BCUT2D eigenvalue weighted by Crippen LogP contribution is 2.34. The molecule has 122 valence electrons. The number of rotatable bonds is 5. The number of carbonyl (C=O) groups is 1. The molecule has 0 fully saturated rings. The highest BCUT2D eigenvalue weighted by Gasteiger charge is 2.10. The number of hydrazone groups is 1. The predicted molar refractivity (Wildman–Crippen MR) is 100 cm³/mol. The van der Waals surface area contributed by atoms with Crippen LogP contribution < -0.4 is 10.2 Å². The summed E-state index contributed by atoms with van der Waals surface area (Å²) in [4.78, 5) is 15.8. The van der Waals surface area contributed by atoms with Crippen LogP contribution in [0.25, 0.3) is 0 Å². The molecule has 24 heavy (non-hydrogen) atoms. The maximum Gasteiger partial charge on any atom is 0.274 e. The summed E-state index contributed by atoms with van der Waals surface area (Å²) < 4.78 is 6.83. The van der Waals surface area contributed by atoms with E-state index in [9.17, 15) is 4.79 Å². The smallest absolute Gasteiger partial charge is 0.274 e. The molecule has 2 aromatic rings. The number of amides is 1. The van der Waals surface area contributed by atoms with Crippen LogP contribution in [0.15, 0.2) is 44.5 Å². The Bertz CT molecular complexity index is 811. The molecule has 0 saturated carbocycles. The van der Waals surface area contributed by atoms with Crippen LogP contribution in [0.3, 0.4) is 0 Å². The molecule has 2 rings (SSSR count). The lowest BCUT2D eigenvalue weighted by molar-refractivity contribution is 0.0955. The first-order valence-electron chi connectivity index (χ1n) is 6.52. The van der Waals surface area contributed by atoms with Crippen molar-refractivity contribution in [1.29, 1.82) is 0 Å². The summed E-state index contributed by atoms with van der Waals surface area (Å²) in [6.07, 6.45) is 8.17. The molecule has 1 heterocycles. The quantitative estimate of drug-likeness (QED) is 0.310. The molecular formula is C16H10Br2ClN3O2. The zero-order valence-corrected chi connectivity index (χ0v) is 16.0. The summed E-state index contributed by atoms with van der Waals surface area (Å²) in [5.41, 5.74) is 3.38. The van der Waals surface area contributed by atoms with Crippen molar-refractivity contribution in [2.24, 2.45) is 5.10 Å². The van der Waals surface area contributed by atoms with Crippen LogP contribution in [0, 0.1) is 12.3 Å². The Morgan fingerprint density at radius 1 is 1.46 bits per heavy atom. The summed E-state index contributed by atoms with van der Waals surface area (Å²) >= 11 is 12.6. The van der Waals surface area contributed by atoms with E-state index in [-0.39, 0.29) is 17.3 Å². The monoisotopic (exact) mass is 469 g/mol. The molecular weight excluding hydrogens is 461 g/mol. The van der Waals surface area contributed by atoms with Crippen molar-refractivity contribution < 1.29 is 9.53 Å². The van der Waals surface area contributed by atoms with Crippen LogP contribution in [-0.4, -0.2) is 23.7 Å². The van der Waals surface area contributed by atoms with Gasteiger partial charge in [0.15, 0.2) is 0 Å². The minimum absolute atomic E-state index is 0.116. The SMILES string of the molecule is C#CCOc1c(Br)cc(C=NNC(=O)c2cccnc2Cl)cc1Br. The van der Waals surface area contributed by atoms with E-state index in [1.165, 1.54) is 12.4 Å². The Kier molecular flexibility index (Phi) is 6.79. The van der Waals surface area contributed by atoms with E-state index < -0.39 is 5.91 Å². The lowest BCUT2D eigenvalue weighted by atomic mass is 10.2. The van der Waals surface area contributed by atoms with Crippen LogP contribution in [0.1, 0.15) is 15.9 Å². The van der Waals surface area contributed by atoms with Crippen molar-refractivity contribution in [3.63, 3.8) is 0 Å². The molecule has 1 aromatic heterocycles. The van der Waals surface area contributed by atoms with Gasteiger partial charge in [0.1, 0.15) is 17.5 Å². The molecule has 8 heteroatoms. The number of nitrogens with zero attached hydrogens (tertiary/aromatic N) is 2. The zero-order chi connectivity index (χ0) is 17.5. The molecule has 1 amide bonds. The number of terminal acetylenes is 1. The molecule has 0 unspecified atom stereocenters. The third-order valence-corrected chi connectivity index (χ3v) is 4.18. The lowest BCUT2D eigenvalue weighted by Gasteiger charge is -2.08. The van der Waals surface area contributed by atoms with Gasteiger partial charge in [-0.15, -0.1) is 6.42 Å². The molecule has 0 bridgehead atoms. The number of halogens is 3. The van der Waals surface area contributed by atoms with Gasteiger partial charge in [0.05, 0.1) is 20.7 Å². The van der Waals surface area contributed by atoms with Gasteiger partial charge in [-0.25, -0.2) is 10.4 Å². The van der Waals surface area contributed by atoms with Gasteiger partial charge >= 0.3 is 0 Å². The number of hydrogen-bond donors (Lipinski definition) is 1. The number of hydrogen-bond acceptors (Lipinski definition) is 4. The van der Waals surface area contributed by atoms with E-state index in [1.54, 1.807) is 24.3 Å². The van der Waals surface area contributed by atoms with Crippen molar-refractivity contribution in [1.82, 2.24) is 10.4 Å². The van der Waals surface area contributed by atoms with Gasteiger partial charge in [0.2, 0.25) is 0 Å². The second kappa shape index (κ2) is 8.83. The van der Waals surface area contributed by atoms with Gasteiger partial charge in [0, 0.05) is 6.20 Å². The van der Waals surface area contributed by atoms with Gasteiger partial charge in [-0.3, -0.25) is 4.79 Å². The fourth-order valence-corrected chi connectivity index (χ4v) is 3.34. The standard InChI is InChI=1S/C16H10Br2ClN3O2/c1-2-6-24-14-12(17)7-10(8-13(14)18)9-21-22-16(23)11-4-3-5-20-15(11)19/h1,3-5,7-9H,6H2,(H,22,23). The van der Waals surface area contributed by atoms with Crippen LogP contribution in [0.2, 0.25) is 5.15 Å². The number of benzene rings is 1. The first-order chi connectivity index (χ1) is 11.5. The average molecular weight is 472 g/mol. The summed E-state index contributed by atoms with van der Waals surface area (Å²) in [5, 5.41) is 4.02. The molecule has 1 aromatic carbocycles. The van der Waals surface area contributed by atoms with Crippen molar-refractivity contribution in [2.75, 3.05) is 6.61 Å². The van der Waals surface area contributed by atoms with Crippen molar-refractivity contribution >= 4 is 55.6 Å². The first-order valence-corrected chi connectivity index (χ1v) is 8.48. The molecule has 0 radical (unpaired) electrons. The summed E-state index contributed by atoms with van der Waals surface area (Å²) in [6.45, 7) is 0.159. The lowest BCUT2D eigenvalue weighted by Crippen LogP contribution is -2.18. The molecule has 0 saturated heterocycles. The Labute approximate surface area is 160 Å². The molecule has 5 nitrogen and oxygen atoms in total. The number of aromatic nitrogens is 1. The van der Waals surface area contributed by atoms with Gasteiger partial charge in [-0.05, 0) is 61.7 Å². The number of nitrogens with one attached hydrogen (secondary N) is 1. The van der Waals surface area contributed by atoms with E-state index >= 15 is 0 Å². The van der Waals surface area contributed by atoms with E-state index in [0.717, 1.165) is 5.56 Å². The number of carbonyl (C=O) groups excluding carboxylic acids is 1. The van der Waals surface area contributed by atoms with E-state index in [1.807, 2.05) is 0 Å². The molecule has 0 aliphatic heterocycles. The van der Waals surface area contributed by atoms with Gasteiger partial charge in [-0.2, -0.15) is 5.10 Å². The van der Waals surface area contributed by atoms with Crippen molar-refractivity contribution in [2.45, 2.75) is 0 Å². The second-order valence-electron chi connectivity index (χ2n) is 4.35. The second-order valence-corrected chi connectivity index (χ2v) is 6.41. The van der Waals surface area contributed by atoms with E-state index in [4.69, 9.17) is 22.8 Å². The Morgan fingerprint density at radius 3 is 2.79 bits per heavy atom. The first kappa shape index (κ1) is 18.5. The largest absolute Gasteiger partial charge is 0.479 e. The van der Waals surface area contributed by atoms with Gasteiger partial charge < -0.3 is 4.74 Å². The third-order valence-electron chi connectivity index (χ3n) is 2.70. The van der Waals surface area contributed by atoms with Crippen molar-refractivity contribution in [3.05, 3.63) is 55.7 Å². The topological polar surface area (TPSA) is 63.6 Å². The average Bonchev–Trinajstić information content (AvgIpc) is 2.54. The fraction of sp³-hybridized carbons (Fsp3) is 0.0625. The molecule has 0 spiro atoms. The maximum atomic E-state index is 12.0. The van der Waals surface area contributed by atoms with Crippen LogP contribution in [-0.2, 0) is 0 Å². The maximum absolute atomic E-state index is 12.0. The Hall–Kier alpha value is -1.88. The third kappa shape index (κ3) is 4.81. The minimum Gasteiger partial charge on any atom is -0.479 e. The van der Waals surface area contributed by atoms with Crippen molar-refractivity contribution in [3.8, 4) is 18.1 Å². The number of pyridine rings is 1. The van der Waals surface area contributed by atoms with Crippen LogP contribution in [0.5, 0.6) is 5.75 Å². The molecule has 1 N–H and O–H groups in total. The summed E-state index contributed by atoms with van der Waals surface area (Å²) in [5.74, 6) is 2.54. The molecule has 0 aliphatic rings. The zero-order valence-electron chi connectivity index (χ0n) is 12.1. The van der Waals surface area contributed by atoms with E-state index in [0.29, 0.717) is 14.7 Å².